The van der Waals surface area contributed by atoms with Crippen molar-refractivity contribution < 1.29 is 19.1 Å². The molecular weight excluding hydrogens is 494 g/mol. The van der Waals surface area contributed by atoms with Crippen LogP contribution >= 0.6 is 0 Å². The van der Waals surface area contributed by atoms with Gasteiger partial charge in [-0.25, -0.2) is 0 Å². The van der Waals surface area contributed by atoms with Gasteiger partial charge in [0.25, 0.3) is 5.91 Å². The quantitative estimate of drug-likeness (QED) is 0.390. The normalized spacial score (nSPS) is 15.1. The summed E-state index contributed by atoms with van der Waals surface area (Å²) in [7, 11) is 1.56. The smallest absolute Gasteiger partial charge is 0.269 e. The Hall–Kier alpha value is -3.95. The number of pyridine rings is 1. The summed E-state index contributed by atoms with van der Waals surface area (Å²) in [6.07, 6.45) is 3.60. The summed E-state index contributed by atoms with van der Waals surface area (Å²) in [6, 6.07) is 16.9. The second-order valence-electron chi connectivity index (χ2n) is 9.76. The Morgan fingerprint density at radius 1 is 1.00 bits per heavy atom. The Morgan fingerprint density at radius 2 is 1.85 bits per heavy atom. The average molecular weight is 530 g/mol. The fourth-order valence-corrected chi connectivity index (χ4v) is 4.99. The van der Waals surface area contributed by atoms with Gasteiger partial charge < -0.3 is 29.9 Å². The van der Waals surface area contributed by atoms with Crippen molar-refractivity contribution in [3.8, 4) is 17.2 Å². The fraction of sp³-hybridized carbons (Fsp3) is 0.367. The predicted molar refractivity (Wildman–Crippen MR) is 150 cm³/mol. The third kappa shape index (κ3) is 6.93. The molecule has 0 unspecified atom stereocenters. The number of fused-ring (bicyclic) bond motifs is 1. The number of carbonyl (C=O) groups is 2. The molecule has 0 aliphatic carbocycles. The molecule has 2 aliphatic heterocycles. The highest BCUT2D eigenvalue weighted by Gasteiger charge is 2.25. The number of anilines is 1. The zero-order chi connectivity index (χ0) is 27.0. The summed E-state index contributed by atoms with van der Waals surface area (Å²) >= 11 is 0. The van der Waals surface area contributed by atoms with E-state index in [1.165, 1.54) is 0 Å². The average Bonchev–Trinajstić information content (AvgIpc) is 3.39. The second kappa shape index (κ2) is 12.7. The molecular formula is C30H35N5O4. The number of hydrogen-bond acceptors (Lipinski definition) is 7. The molecule has 1 saturated heterocycles. The predicted octanol–water partition coefficient (Wildman–Crippen LogP) is 3.04. The van der Waals surface area contributed by atoms with Crippen molar-refractivity contribution in [2.24, 2.45) is 0 Å². The van der Waals surface area contributed by atoms with Gasteiger partial charge >= 0.3 is 0 Å². The third-order valence-electron chi connectivity index (χ3n) is 7.03. The Morgan fingerprint density at radius 3 is 2.69 bits per heavy atom. The molecule has 1 aromatic heterocycles. The van der Waals surface area contributed by atoms with Gasteiger partial charge in [0, 0.05) is 64.3 Å². The summed E-state index contributed by atoms with van der Waals surface area (Å²) in [6.45, 7) is 6.64. The van der Waals surface area contributed by atoms with E-state index in [0.29, 0.717) is 31.1 Å². The number of nitrogens with zero attached hydrogens (tertiary/aromatic N) is 3. The van der Waals surface area contributed by atoms with Gasteiger partial charge in [-0.05, 0) is 60.4 Å². The molecule has 2 amide bonds. The molecule has 0 saturated carbocycles. The summed E-state index contributed by atoms with van der Waals surface area (Å²) in [5.74, 6) is 1.77. The summed E-state index contributed by atoms with van der Waals surface area (Å²) in [5.41, 5.74) is 3.20. The van der Waals surface area contributed by atoms with E-state index in [1.807, 2.05) is 47.4 Å². The number of piperazine rings is 1. The molecule has 3 heterocycles. The molecule has 5 rings (SSSR count). The molecule has 0 atom stereocenters. The van der Waals surface area contributed by atoms with Gasteiger partial charge in [-0.3, -0.25) is 14.6 Å². The lowest BCUT2D eigenvalue weighted by molar-refractivity contribution is -0.117. The highest BCUT2D eigenvalue weighted by molar-refractivity contribution is 5.97. The molecule has 2 aromatic carbocycles. The van der Waals surface area contributed by atoms with Crippen molar-refractivity contribution in [2.45, 2.75) is 19.3 Å². The Balaban J connectivity index is 1.15. The fourth-order valence-electron chi connectivity index (χ4n) is 4.99. The number of amides is 2. The molecule has 0 spiro atoms. The molecule has 0 radical (unpaired) electrons. The van der Waals surface area contributed by atoms with E-state index in [9.17, 15) is 9.59 Å². The van der Waals surface area contributed by atoms with Gasteiger partial charge in [0.1, 0.15) is 22.9 Å². The molecule has 1 fully saturated rings. The SMILES string of the molecule is CNC(=O)c1cc(Oc2ccc3c(c2)CCN3C(=O)Cc2cccc(OCCCN3CCNCC3)c2)ccn1. The van der Waals surface area contributed by atoms with Crippen molar-refractivity contribution >= 4 is 17.5 Å². The lowest BCUT2D eigenvalue weighted by atomic mass is 10.1. The topological polar surface area (TPSA) is 96.0 Å². The maximum atomic E-state index is 13.2. The zero-order valence-electron chi connectivity index (χ0n) is 22.3. The van der Waals surface area contributed by atoms with Crippen LogP contribution in [0, 0.1) is 0 Å². The molecule has 0 bridgehead atoms. The van der Waals surface area contributed by atoms with E-state index < -0.39 is 0 Å². The minimum atomic E-state index is -0.272. The van der Waals surface area contributed by atoms with E-state index >= 15 is 0 Å². The number of nitrogens with one attached hydrogen (secondary N) is 2. The first-order chi connectivity index (χ1) is 19.1. The van der Waals surface area contributed by atoms with Crippen LogP contribution in [0.3, 0.4) is 0 Å². The first kappa shape index (κ1) is 26.6. The molecule has 9 heteroatoms. The van der Waals surface area contributed by atoms with Crippen molar-refractivity contribution in [1.29, 1.82) is 0 Å². The van der Waals surface area contributed by atoms with E-state index in [2.05, 4.69) is 20.5 Å². The van der Waals surface area contributed by atoms with Crippen LogP contribution in [-0.4, -0.2) is 74.6 Å². The maximum Gasteiger partial charge on any atom is 0.269 e. The number of rotatable bonds is 10. The van der Waals surface area contributed by atoms with Crippen molar-refractivity contribution in [3.05, 3.63) is 77.6 Å². The van der Waals surface area contributed by atoms with Crippen LogP contribution in [0.25, 0.3) is 0 Å². The van der Waals surface area contributed by atoms with Crippen LogP contribution in [0.4, 0.5) is 5.69 Å². The van der Waals surface area contributed by atoms with Crippen molar-refractivity contribution in [1.82, 2.24) is 20.5 Å². The molecule has 3 aromatic rings. The Kier molecular flexibility index (Phi) is 8.70. The van der Waals surface area contributed by atoms with E-state index in [4.69, 9.17) is 9.47 Å². The lowest BCUT2D eigenvalue weighted by Gasteiger charge is -2.26. The van der Waals surface area contributed by atoms with Gasteiger partial charge in [0.15, 0.2) is 0 Å². The minimum absolute atomic E-state index is 0.0580. The molecule has 2 aliphatic rings. The third-order valence-corrected chi connectivity index (χ3v) is 7.03. The zero-order valence-corrected chi connectivity index (χ0v) is 22.3. The number of ether oxygens (including phenoxy) is 2. The second-order valence-corrected chi connectivity index (χ2v) is 9.76. The van der Waals surface area contributed by atoms with E-state index in [1.54, 1.807) is 25.4 Å². The highest BCUT2D eigenvalue weighted by atomic mass is 16.5. The summed E-state index contributed by atoms with van der Waals surface area (Å²) in [5, 5.41) is 5.93. The first-order valence-corrected chi connectivity index (χ1v) is 13.5. The number of hydrogen-bond donors (Lipinski definition) is 2. The summed E-state index contributed by atoms with van der Waals surface area (Å²) < 4.78 is 12.0. The standard InChI is InChI=1S/C30H35N5O4/c1-31-30(37)27-21-26(8-10-33-27)39-25-6-7-28-23(20-25)9-14-35(28)29(36)19-22-4-2-5-24(18-22)38-17-3-13-34-15-11-32-12-16-34/h2,4-8,10,18,20-21,32H,3,9,11-17,19H2,1H3,(H,31,37). The van der Waals surface area contributed by atoms with Crippen LogP contribution in [0.1, 0.15) is 28.0 Å². The van der Waals surface area contributed by atoms with Crippen LogP contribution in [-0.2, 0) is 17.6 Å². The minimum Gasteiger partial charge on any atom is -0.494 e. The van der Waals surface area contributed by atoms with Gasteiger partial charge in [-0.15, -0.1) is 0 Å². The highest BCUT2D eigenvalue weighted by Crippen LogP contribution is 2.33. The van der Waals surface area contributed by atoms with Crippen molar-refractivity contribution in [3.63, 3.8) is 0 Å². The van der Waals surface area contributed by atoms with Gasteiger partial charge in [-0.1, -0.05) is 12.1 Å². The largest absolute Gasteiger partial charge is 0.494 e. The molecule has 204 valence electrons. The number of benzene rings is 2. The van der Waals surface area contributed by atoms with Gasteiger partial charge in [0.05, 0.1) is 13.0 Å². The first-order valence-electron chi connectivity index (χ1n) is 13.5. The molecule has 9 nitrogen and oxygen atoms in total. The van der Waals surface area contributed by atoms with Gasteiger partial charge in [0.2, 0.25) is 5.91 Å². The van der Waals surface area contributed by atoms with Gasteiger partial charge in [-0.2, -0.15) is 0 Å². The van der Waals surface area contributed by atoms with Crippen LogP contribution in [0.15, 0.2) is 60.8 Å². The molecule has 2 N–H and O–H groups in total. The van der Waals surface area contributed by atoms with Crippen LogP contribution < -0.4 is 25.0 Å². The van der Waals surface area contributed by atoms with Crippen molar-refractivity contribution in [2.75, 3.05) is 57.8 Å². The van der Waals surface area contributed by atoms with E-state index in [-0.39, 0.29) is 17.5 Å². The molecule has 39 heavy (non-hydrogen) atoms. The van der Waals surface area contributed by atoms with Crippen LogP contribution in [0.2, 0.25) is 0 Å². The van der Waals surface area contributed by atoms with E-state index in [0.717, 1.165) is 68.1 Å². The Labute approximate surface area is 229 Å². The lowest BCUT2D eigenvalue weighted by Crippen LogP contribution is -2.43. The number of carbonyl (C=O) groups excluding carboxylic acids is 2. The van der Waals surface area contributed by atoms with Crippen LogP contribution in [0.5, 0.6) is 17.2 Å². The maximum absolute atomic E-state index is 13.2. The Bertz CT molecular complexity index is 1310. The monoisotopic (exact) mass is 529 g/mol. The number of aromatic nitrogens is 1. The summed E-state index contributed by atoms with van der Waals surface area (Å²) in [4.78, 5) is 33.5.